The largest absolute Gasteiger partial charge is 0.496 e. The Morgan fingerprint density at radius 3 is 2.90 bits per heavy atom. The molecule has 0 saturated carbocycles. The molecule has 21 heavy (non-hydrogen) atoms. The van der Waals surface area contributed by atoms with Crippen LogP contribution in [0.25, 0.3) is 0 Å². The fourth-order valence-electron chi connectivity index (χ4n) is 2.60. The van der Waals surface area contributed by atoms with Gasteiger partial charge in [-0.2, -0.15) is 0 Å². The molecule has 0 aliphatic carbocycles. The van der Waals surface area contributed by atoms with Gasteiger partial charge in [0.1, 0.15) is 5.75 Å². The number of rotatable bonds is 4. The van der Waals surface area contributed by atoms with Crippen LogP contribution >= 0.6 is 11.6 Å². The first-order chi connectivity index (χ1) is 10.0. The summed E-state index contributed by atoms with van der Waals surface area (Å²) >= 11 is 6.15. The lowest BCUT2D eigenvalue weighted by molar-refractivity contribution is -0.134. The van der Waals surface area contributed by atoms with E-state index in [2.05, 4.69) is 0 Å². The SMILES string of the molecule is COc1cccc(Cl)c1CC(=O)N1CCC[C@H](C(N)=O)C1. The molecule has 0 bridgehead atoms. The smallest absolute Gasteiger partial charge is 0.227 e. The number of nitrogens with zero attached hydrogens (tertiary/aromatic N) is 1. The van der Waals surface area contributed by atoms with Crippen molar-refractivity contribution in [2.45, 2.75) is 19.3 Å². The van der Waals surface area contributed by atoms with E-state index < -0.39 is 0 Å². The molecule has 1 atom stereocenters. The first-order valence-electron chi connectivity index (χ1n) is 6.91. The lowest BCUT2D eigenvalue weighted by Crippen LogP contribution is -2.44. The van der Waals surface area contributed by atoms with E-state index in [4.69, 9.17) is 22.1 Å². The molecule has 1 fully saturated rings. The summed E-state index contributed by atoms with van der Waals surface area (Å²) in [4.78, 5) is 25.4. The van der Waals surface area contributed by atoms with Gasteiger partial charge in [0.15, 0.2) is 0 Å². The van der Waals surface area contributed by atoms with E-state index in [1.165, 1.54) is 0 Å². The van der Waals surface area contributed by atoms with Gasteiger partial charge in [-0.15, -0.1) is 0 Å². The van der Waals surface area contributed by atoms with Crippen molar-refractivity contribution in [1.82, 2.24) is 4.90 Å². The van der Waals surface area contributed by atoms with Gasteiger partial charge < -0.3 is 15.4 Å². The van der Waals surface area contributed by atoms with E-state index in [0.717, 1.165) is 12.8 Å². The normalized spacial score (nSPS) is 18.4. The van der Waals surface area contributed by atoms with Crippen LogP contribution in [0.2, 0.25) is 5.02 Å². The molecule has 0 unspecified atom stereocenters. The zero-order valence-corrected chi connectivity index (χ0v) is 12.7. The summed E-state index contributed by atoms with van der Waals surface area (Å²) in [7, 11) is 1.55. The Morgan fingerprint density at radius 1 is 1.48 bits per heavy atom. The quantitative estimate of drug-likeness (QED) is 0.918. The van der Waals surface area contributed by atoms with Crippen LogP contribution in [0.3, 0.4) is 0 Å². The molecule has 5 nitrogen and oxygen atoms in total. The minimum atomic E-state index is -0.345. The first kappa shape index (κ1) is 15.6. The topological polar surface area (TPSA) is 72.6 Å². The highest BCUT2D eigenvalue weighted by molar-refractivity contribution is 6.31. The molecule has 0 aromatic heterocycles. The van der Waals surface area contributed by atoms with Crippen LogP contribution in [0.4, 0.5) is 0 Å². The molecule has 6 heteroatoms. The third kappa shape index (κ3) is 3.67. The van der Waals surface area contributed by atoms with Crippen molar-refractivity contribution in [3.63, 3.8) is 0 Å². The van der Waals surface area contributed by atoms with Gasteiger partial charge >= 0.3 is 0 Å². The number of ether oxygens (including phenoxy) is 1. The van der Waals surface area contributed by atoms with E-state index in [1.807, 2.05) is 0 Å². The second-order valence-electron chi connectivity index (χ2n) is 5.18. The number of methoxy groups -OCH3 is 1. The highest BCUT2D eigenvalue weighted by Crippen LogP contribution is 2.27. The molecule has 1 aliphatic heterocycles. The van der Waals surface area contributed by atoms with E-state index in [1.54, 1.807) is 30.2 Å². The van der Waals surface area contributed by atoms with Gasteiger partial charge in [-0.3, -0.25) is 9.59 Å². The highest BCUT2D eigenvalue weighted by Gasteiger charge is 2.27. The molecule has 1 aliphatic rings. The van der Waals surface area contributed by atoms with E-state index >= 15 is 0 Å². The monoisotopic (exact) mass is 310 g/mol. The molecule has 2 N–H and O–H groups in total. The van der Waals surface area contributed by atoms with Crippen LogP contribution in [-0.2, 0) is 16.0 Å². The van der Waals surface area contributed by atoms with Crippen molar-refractivity contribution in [2.75, 3.05) is 20.2 Å². The molecule has 114 valence electrons. The van der Waals surface area contributed by atoms with Crippen LogP contribution in [0.1, 0.15) is 18.4 Å². The summed E-state index contributed by atoms with van der Waals surface area (Å²) in [6.07, 6.45) is 1.70. The van der Waals surface area contributed by atoms with E-state index in [0.29, 0.717) is 29.4 Å². The van der Waals surface area contributed by atoms with E-state index in [9.17, 15) is 9.59 Å². The minimum absolute atomic E-state index is 0.0626. The number of likely N-dealkylation sites (tertiary alicyclic amines) is 1. The first-order valence-corrected chi connectivity index (χ1v) is 7.29. The van der Waals surface area contributed by atoms with E-state index in [-0.39, 0.29) is 24.2 Å². The Hall–Kier alpha value is -1.75. The Balaban J connectivity index is 2.09. The van der Waals surface area contributed by atoms with Gasteiger partial charge in [-0.05, 0) is 25.0 Å². The lowest BCUT2D eigenvalue weighted by Gasteiger charge is -2.31. The maximum atomic E-state index is 12.4. The van der Waals surface area contributed by atoms with Crippen LogP contribution in [0, 0.1) is 5.92 Å². The van der Waals surface area contributed by atoms with Gasteiger partial charge in [-0.1, -0.05) is 17.7 Å². The predicted octanol–water partition coefficient (Wildman–Crippen LogP) is 1.61. The number of primary amides is 1. The summed E-state index contributed by atoms with van der Waals surface area (Å²) in [6.45, 7) is 1.04. The molecule has 1 saturated heterocycles. The maximum absolute atomic E-state index is 12.4. The van der Waals surface area contributed by atoms with Gasteiger partial charge in [0.25, 0.3) is 0 Å². The zero-order chi connectivity index (χ0) is 15.4. The number of halogens is 1. The third-order valence-electron chi connectivity index (χ3n) is 3.80. The molecular weight excluding hydrogens is 292 g/mol. The number of hydrogen-bond acceptors (Lipinski definition) is 3. The third-order valence-corrected chi connectivity index (χ3v) is 4.15. The van der Waals surface area contributed by atoms with Crippen LogP contribution in [-0.4, -0.2) is 36.9 Å². The van der Waals surface area contributed by atoms with Crippen molar-refractivity contribution in [3.05, 3.63) is 28.8 Å². The fourth-order valence-corrected chi connectivity index (χ4v) is 2.83. The molecule has 2 rings (SSSR count). The summed E-state index contributed by atoms with van der Waals surface area (Å²) in [5.41, 5.74) is 6.01. The molecular formula is C15H19ClN2O3. The Kier molecular flexibility index (Phi) is 5.07. The summed E-state index contributed by atoms with van der Waals surface area (Å²) in [5.74, 6) is -0.0645. The van der Waals surface area contributed by atoms with Gasteiger partial charge in [0.05, 0.1) is 19.4 Å². The van der Waals surface area contributed by atoms with Crippen molar-refractivity contribution in [3.8, 4) is 5.75 Å². The van der Waals surface area contributed by atoms with Crippen LogP contribution in [0.5, 0.6) is 5.75 Å². The minimum Gasteiger partial charge on any atom is -0.496 e. The predicted molar refractivity (Wildman–Crippen MR) is 80.2 cm³/mol. The second-order valence-corrected chi connectivity index (χ2v) is 5.59. The number of hydrogen-bond donors (Lipinski definition) is 1. The number of carbonyl (C=O) groups excluding carboxylic acids is 2. The molecule has 1 heterocycles. The second kappa shape index (κ2) is 6.80. The van der Waals surface area contributed by atoms with Crippen LogP contribution in [0.15, 0.2) is 18.2 Å². The fraction of sp³-hybridized carbons (Fsp3) is 0.467. The van der Waals surface area contributed by atoms with Gasteiger partial charge in [-0.25, -0.2) is 0 Å². The number of carbonyl (C=O) groups is 2. The maximum Gasteiger partial charge on any atom is 0.227 e. The molecule has 1 aromatic rings. The number of piperidine rings is 1. The van der Waals surface area contributed by atoms with Crippen molar-refractivity contribution in [2.24, 2.45) is 11.7 Å². The Bertz CT molecular complexity index is 548. The zero-order valence-electron chi connectivity index (χ0n) is 12.0. The number of amides is 2. The van der Waals surface area contributed by atoms with Gasteiger partial charge in [0.2, 0.25) is 11.8 Å². The average molecular weight is 311 g/mol. The Labute approximate surface area is 129 Å². The molecule has 2 amide bonds. The van der Waals surface area contributed by atoms with Crippen molar-refractivity contribution < 1.29 is 14.3 Å². The standard InChI is InChI=1S/C15H19ClN2O3/c1-21-13-6-2-5-12(16)11(13)8-14(19)18-7-3-4-10(9-18)15(17)20/h2,5-6,10H,3-4,7-9H2,1H3,(H2,17,20)/t10-/m0/s1. The summed E-state index contributed by atoms with van der Waals surface area (Å²) < 4.78 is 5.24. The molecule has 1 aromatic carbocycles. The van der Waals surface area contributed by atoms with Crippen molar-refractivity contribution >= 4 is 23.4 Å². The van der Waals surface area contributed by atoms with Crippen molar-refractivity contribution in [1.29, 1.82) is 0 Å². The number of benzene rings is 1. The lowest BCUT2D eigenvalue weighted by atomic mass is 9.97. The molecule has 0 spiro atoms. The molecule has 0 radical (unpaired) electrons. The Morgan fingerprint density at radius 2 is 2.24 bits per heavy atom. The van der Waals surface area contributed by atoms with Crippen LogP contribution < -0.4 is 10.5 Å². The highest BCUT2D eigenvalue weighted by atomic mass is 35.5. The number of nitrogens with two attached hydrogens (primary N) is 1. The average Bonchev–Trinajstić information content (AvgIpc) is 2.49. The van der Waals surface area contributed by atoms with Gasteiger partial charge in [0, 0.05) is 23.7 Å². The summed E-state index contributed by atoms with van der Waals surface area (Å²) in [6, 6.07) is 5.28. The summed E-state index contributed by atoms with van der Waals surface area (Å²) in [5, 5.41) is 0.506.